The second kappa shape index (κ2) is 8.80. The second-order valence-electron chi connectivity index (χ2n) is 5.81. The first kappa shape index (κ1) is 19.2. The lowest BCUT2D eigenvalue weighted by Crippen LogP contribution is -2.43. The Labute approximate surface area is 152 Å². The second-order valence-corrected chi connectivity index (χ2v) is 5.81. The van der Waals surface area contributed by atoms with Crippen LogP contribution < -0.4 is 5.32 Å². The van der Waals surface area contributed by atoms with Crippen molar-refractivity contribution in [3.8, 4) is 0 Å². The zero-order valence-electron chi connectivity index (χ0n) is 14.9. The van der Waals surface area contributed by atoms with Gasteiger partial charge in [-0.3, -0.25) is 4.79 Å². The van der Waals surface area contributed by atoms with Crippen molar-refractivity contribution in [2.75, 3.05) is 14.2 Å². The molecule has 0 spiro atoms. The van der Waals surface area contributed by atoms with Gasteiger partial charge in [0.25, 0.3) is 5.91 Å². The van der Waals surface area contributed by atoms with Crippen LogP contribution in [0.1, 0.15) is 31.8 Å². The van der Waals surface area contributed by atoms with Crippen molar-refractivity contribution in [2.45, 2.75) is 19.4 Å². The summed E-state index contributed by atoms with van der Waals surface area (Å²) in [5.41, 5.74) is 2.48. The van der Waals surface area contributed by atoms with Crippen LogP contribution in [0.4, 0.5) is 0 Å². The van der Waals surface area contributed by atoms with E-state index in [0.717, 1.165) is 11.1 Å². The topological polar surface area (TPSA) is 81.7 Å². The van der Waals surface area contributed by atoms with E-state index < -0.39 is 23.9 Å². The predicted molar refractivity (Wildman–Crippen MR) is 95.9 cm³/mol. The Morgan fingerprint density at radius 1 is 0.962 bits per heavy atom. The van der Waals surface area contributed by atoms with E-state index in [-0.39, 0.29) is 11.1 Å². The van der Waals surface area contributed by atoms with Gasteiger partial charge in [-0.2, -0.15) is 0 Å². The Kier molecular flexibility index (Phi) is 6.49. The maximum Gasteiger partial charge on any atom is 0.337 e. The summed E-state index contributed by atoms with van der Waals surface area (Å²) in [5.74, 6) is -1.55. The van der Waals surface area contributed by atoms with Crippen LogP contribution in [0.2, 0.25) is 0 Å². The molecule has 1 atom stereocenters. The third-order valence-corrected chi connectivity index (χ3v) is 3.86. The number of hydrogen-bond acceptors (Lipinski definition) is 5. The van der Waals surface area contributed by atoms with Gasteiger partial charge in [-0.15, -0.1) is 0 Å². The molecule has 0 aliphatic rings. The van der Waals surface area contributed by atoms with Crippen LogP contribution in [0.3, 0.4) is 0 Å². The minimum atomic E-state index is -0.837. The van der Waals surface area contributed by atoms with Crippen LogP contribution in [0.15, 0.2) is 48.5 Å². The van der Waals surface area contributed by atoms with Gasteiger partial charge < -0.3 is 14.8 Å². The molecule has 0 aromatic heterocycles. The Morgan fingerprint density at radius 3 is 2.31 bits per heavy atom. The van der Waals surface area contributed by atoms with E-state index in [4.69, 9.17) is 4.74 Å². The molecule has 0 heterocycles. The molecule has 0 aliphatic carbocycles. The molecule has 1 amide bonds. The molecule has 2 rings (SSSR count). The van der Waals surface area contributed by atoms with Crippen molar-refractivity contribution >= 4 is 17.8 Å². The normalized spacial score (nSPS) is 11.3. The molecule has 0 unspecified atom stereocenters. The first-order valence-corrected chi connectivity index (χ1v) is 8.07. The zero-order valence-corrected chi connectivity index (χ0v) is 14.9. The maximum absolute atomic E-state index is 12.5. The number of carbonyl (C=O) groups excluding carboxylic acids is 3. The lowest BCUT2D eigenvalue weighted by Gasteiger charge is -2.17. The van der Waals surface area contributed by atoms with Crippen LogP contribution in [-0.4, -0.2) is 38.1 Å². The van der Waals surface area contributed by atoms with E-state index in [9.17, 15) is 14.4 Å². The van der Waals surface area contributed by atoms with E-state index in [2.05, 4.69) is 10.1 Å². The molecule has 2 aromatic carbocycles. The highest BCUT2D eigenvalue weighted by atomic mass is 16.5. The predicted octanol–water partition coefficient (Wildman–Crippen LogP) is 2.30. The molecule has 0 saturated carbocycles. The molecule has 6 heteroatoms. The van der Waals surface area contributed by atoms with Crippen LogP contribution >= 0.6 is 0 Å². The highest BCUT2D eigenvalue weighted by molar-refractivity contribution is 5.99. The van der Waals surface area contributed by atoms with Gasteiger partial charge in [0.05, 0.1) is 19.8 Å². The number of rotatable bonds is 6. The smallest absolute Gasteiger partial charge is 0.337 e. The molecular formula is C20H21NO5. The molecular weight excluding hydrogens is 334 g/mol. The van der Waals surface area contributed by atoms with E-state index in [1.165, 1.54) is 20.3 Å². The lowest BCUT2D eigenvalue weighted by atomic mass is 10.0. The fourth-order valence-corrected chi connectivity index (χ4v) is 2.56. The number of nitrogens with one attached hydrogen (secondary N) is 1. The SMILES string of the molecule is COC(=O)c1cccc(C(=O)N[C@@H](Cc2cccc(C)c2)C(=O)OC)c1. The minimum Gasteiger partial charge on any atom is -0.467 e. The summed E-state index contributed by atoms with van der Waals surface area (Å²) < 4.78 is 9.46. The maximum atomic E-state index is 12.5. The monoisotopic (exact) mass is 355 g/mol. The molecule has 0 saturated heterocycles. The number of benzene rings is 2. The summed E-state index contributed by atoms with van der Waals surface area (Å²) in [7, 11) is 2.54. The van der Waals surface area contributed by atoms with E-state index in [1.807, 2.05) is 31.2 Å². The first-order chi connectivity index (χ1) is 12.4. The molecule has 0 aliphatic heterocycles. The number of hydrogen-bond donors (Lipinski definition) is 1. The fraction of sp³-hybridized carbons (Fsp3) is 0.250. The highest BCUT2D eigenvalue weighted by Crippen LogP contribution is 2.10. The average Bonchev–Trinajstić information content (AvgIpc) is 2.66. The number of carbonyl (C=O) groups is 3. The standard InChI is InChI=1S/C20H21NO5/c1-13-6-4-7-14(10-13)11-17(20(24)26-3)21-18(22)15-8-5-9-16(12-15)19(23)25-2/h4-10,12,17H,11H2,1-3H3,(H,21,22)/t17-/m0/s1. The van der Waals surface area contributed by atoms with Gasteiger partial charge in [-0.1, -0.05) is 35.9 Å². The summed E-state index contributed by atoms with van der Waals surface area (Å²) >= 11 is 0. The van der Waals surface area contributed by atoms with Gasteiger partial charge in [-0.25, -0.2) is 9.59 Å². The number of methoxy groups -OCH3 is 2. The summed E-state index contributed by atoms with van der Waals surface area (Å²) in [5, 5.41) is 2.67. The van der Waals surface area contributed by atoms with Gasteiger partial charge >= 0.3 is 11.9 Å². The number of amides is 1. The Balaban J connectivity index is 2.18. The molecule has 0 bridgehead atoms. The quantitative estimate of drug-likeness (QED) is 0.804. The van der Waals surface area contributed by atoms with Gasteiger partial charge in [0, 0.05) is 12.0 Å². The van der Waals surface area contributed by atoms with Gasteiger partial charge in [0.1, 0.15) is 6.04 Å². The van der Waals surface area contributed by atoms with Crippen molar-refractivity contribution < 1.29 is 23.9 Å². The van der Waals surface area contributed by atoms with Crippen molar-refractivity contribution in [2.24, 2.45) is 0 Å². The molecule has 2 aromatic rings. The van der Waals surface area contributed by atoms with E-state index in [0.29, 0.717) is 6.42 Å². The average molecular weight is 355 g/mol. The number of esters is 2. The van der Waals surface area contributed by atoms with Gasteiger partial charge in [0.2, 0.25) is 0 Å². The summed E-state index contributed by atoms with van der Waals surface area (Å²) in [6, 6.07) is 12.9. The van der Waals surface area contributed by atoms with Crippen LogP contribution in [0, 0.1) is 6.92 Å². The van der Waals surface area contributed by atoms with E-state index >= 15 is 0 Å². The zero-order chi connectivity index (χ0) is 19.1. The van der Waals surface area contributed by atoms with E-state index in [1.54, 1.807) is 18.2 Å². The van der Waals surface area contributed by atoms with Gasteiger partial charge in [0.15, 0.2) is 0 Å². The van der Waals surface area contributed by atoms with Crippen LogP contribution in [-0.2, 0) is 20.7 Å². The summed E-state index contributed by atoms with van der Waals surface area (Å²) in [4.78, 5) is 36.2. The summed E-state index contributed by atoms with van der Waals surface area (Å²) in [6.07, 6.45) is 0.302. The number of ether oxygens (including phenoxy) is 2. The molecule has 26 heavy (non-hydrogen) atoms. The van der Waals surface area contributed by atoms with Crippen molar-refractivity contribution in [1.29, 1.82) is 0 Å². The summed E-state index contributed by atoms with van der Waals surface area (Å²) in [6.45, 7) is 1.95. The molecule has 136 valence electrons. The Bertz CT molecular complexity index is 815. The van der Waals surface area contributed by atoms with Crippen molar-refractivity contribution in [1.82, 2.24) is 5.32 Å². The van der Waals surface area contributed by atoms with Crippen molar-refractivity contribution in [3.05, 3.63) is 70.8 Å². The van der Waals surface area contributed by atoms with Crippen LogP contribution in [0.25, 0.3) is 0 Å². The molecule has 0 radical (unpaired) electrons. The molecule has 6 nitrogen and oxygen atoms in total. The number of aryl methyl sites for hydroxylation is 1. The van der Waals surface area contributed by atoms with Crippen molar-refractivity contribution in [3.63, 3.8) is 0 Å². The third kappa shape index (κ3) is 4.92. The largest absolute Gasteiger partial charge is 0.467 e. The molecule has 0 fully saturated rings. The fourth-order valence-electron chi connectivity index (χ4n) is 2.56. The molecule has 1 N–H and O–H groups in total. The Hall–Kier alpha value is -3.15. The Morgan fingerprint density at radius 2 is 1.65 bits per heavy atom. The third-order valence-electron chi connectivity index (χ3n) is 3.86. The lowest BCUT2D eigenvalue weighted by molar-refractivity contribution is -0.142. The highest BCUT2D eigenvalue weighted by Gasteiger charge is 2.23. The minimum absolute atomic E-state index is 0.256. The van der Waals surface area contributed by atoms with Gasteiger partial charge in [-0.05, 0) is 30.7 Å². The first-order valence-electron chi connectivity index (χ1n) is 8.07. The van der Waals surface area contributed by atoms with Crippen LogP contribution in [0.5, 0.6) is 0 Å².